The number of ether oxygens (including phenoxy) is 1. The van der Waals surface area contributed by atoms with Gasteiger partial charge in [0.15, 0.2) is 0 Å². The number of hydrogen-bond donors (Lipinski definition) is 0. The molecule has 2 aliphatic rings. The standard InChI is InChI=1S/C16H19N5OS/c1-2-14(22-7-1)15-12(13-11-17-3-4-18-13)10-19-16(20-15)21-5-8-23-9-6-21/h3-4,10-11,14H,1-2,5-9H2/t14-/m0/s1. The van der Waals surface area contributed by atoms with Gasteiger partial charge in [0.2, 0.25) is 5.95 Å². The highest BCUT2D eigenvalue weighted by molar-refractivity contribution is 7.99. The monoisotopic (exact) mass is 329 g/mol. The normalized spacial score (nSPS) is 21.6. The molecule has 0 aliphatic carbocycles. The lowest BCUT2D eigenvalue weighted by molar-refractivity contribution is 0.109. The van der Waals surface area contributed by atoms with Gasteiger partial charge in [0, 0.05) is 55.4 Å². The minimum absolute atomic E-state index is 0.0351. The molecule has 0 spiro atoms. The molecule has 2 aliphatic heterocycles. The molecule has 0 saturated carbocycles. The molecule has 0 unspecified atom stereocenters. The maximum atomic E-state index is 5.88. The maximum absolute atomic E-state index is 5.88. The van der Waals surface area contributed by atoms with Gasteiger partial charge in [-0.05, 0) is 12.8 Å². The van der Waals surface area contributed by atoms with Crippen molar-refractivity contribution >= 4 is 17.7 Å². The lowest BCUT2D eigenvalue weighted by Gasteiger charge is -2.27. The van der Waals surface area contributed by atoms with E-state index in [2.05, 4.69) is 19.9 Å². The molecule has 23 heavy (non-hydrogen) atoms. The third-order valence-electron chi connectivity index (χ3n) is 4.17. The molecule has 0 radical (unpaired) electrons. The summed E-state index contributed by atoms with van der Waals surface area (Å²) in [7, 11) is 0. The Morgan fingerprint density at radius 1 is 1.13 bits per heavy atom. The second-order valence-corrected chi connectivity index (χ2v) is 6.89. The summed E-state index contributed by atoms with van der Waals surface area (Å²) in [5.74, 6) is 3.07. The predicted octanol–water partition coefficient (Wildman–Crippen LogP) is 2.34. The van der Waals surface area contributed by atoms with Gasteiger partial charge in [0.1, 0.15) is 6.10 Å². The molecule has 2 saturated heterocycles. The molecule has 0 amide bonds. The molecule has 120 valence electrons. The Morgan fingerprint density at radius 2 is 2.04 bits per heavy atom. The molecule has 0 N–H and O–H groups in total. The van der Waals surface area contributed by atoms with E-state index in [1.54, 1.807) is 18.6 Å². The average molecular weight is 329 g/mol. The van der Waals surface area contributed by atoms with E-state index < -0.39 is 0 Å². The summed E-state index contributed by atoms with van der Waals surface area (Å²) < 4.78 is 5.88. The topological polar surface area (TPSA) is 64.0 Å². The van der Waals surface area contributed by atoms with Crippen molar-refractivity contribution in [3.05, 3.63) is 30.5 Å². The minimum Gasteiger partial charge on any atom is -0.372 e. The molecule has 7 heteroatoms. The van der Waals surface area contributed by atoms with Crippen LogP contribution in [0.25, 0.3) is 11.3 Å². The molecule has 4 rings (SSSR count). The Bertz CT molecular complexity index is 657. The molecular formula is C16H19N5OS. The number of anilines is 1. The SMILES string of the molecule is c1cnc(-c2cnc(N3CCSCC3)nc2[C@@H]2CCCO2)cn1. The van der Waals surface area contributed by atoms with Crippen LogP contribution in [0.1, 0.15) is 24.6 Å². The van der Waals surface area contributed by atoms with Crippen LogP contribution in [0.2, 0.25) is 0 Å². The largest absolute Gasteiger partial charge is 0.372 e. The zero-order chi connectivity index (χ0) is 15.5. The van der Waals surface area contributed by atoms with Crippen molar-refractivity contribution in [3.63, 3.8) is 0 Å². The van der Waals surface area contributed by atoms with Crippen LogP contribution in [-0.2, 0) is 4.74 Å². The molecule has 2 aromatic rings. The molecule has 4 heterocycles. The number of nitrogens with zero attached hydrogens (tertiary/aromatic N) is 5. The Morgan fingerprint density at radius 3 is 2.78 bits per heavy atom. The Labute approximate surface area is 139 Å². The summed E-state index contributed by atoms with van der Waals surface area (Å²) in [6, 6.07) is 0. The lowest BCUT2D eigenvalue weighted by Crippen LogP contribution is -2.34. The molecule has 2 fully saturated rings. The molecular weight excluding hydrogens is 310 g/mol. The van der Waals surface area contributed by atoms with E-state index in [1.807, 2.05) is 18.0 Å². The van der Waals surface area contributed by atoms with Crippen molar-refractivity contribution in [2.75, 3.05) is 36.1 Å². The van der Waals surface area contributed by atoms with Gasteiger partial charge in [-0.1, -0.05) is 0 Å². The van der Waals surface area contributed by atoms with Crippen LogP contribution < -0.4 is 4.90 Å². The minimum atomic E-state index is 0.0351. The molecule has 0 bridgehead atoms. The summed E-state index contributed by atoms with van der Waals surface area (Å²) in [5.41, 5.74) is 2.69. The average Bonchev–Trinajstić information content (AvgIpc) is 3.17. The quantitative estimate of drug-likeness (QED) is 0.856. The summed E-state index contributed by atoms with van der Waals surface area (Å²) in [5, 5.41) is 0. The highest BCUT2D eigenvalue weighted by Gasteiger charge is 2.25. The van der Waals surface area contributed by atoms with Gasteiger partial charge in [0.25, 0.3) is 0 Å². The van der Waals surface area contributed by atoms with Crippen molar-refractivity contribution in [1.82, 2.24) is 19.9 Å². The Hall–Kier alpha value is -1.73. The van der Waals surface area contributed by atoms with Crippen molar-refractivity contribution < 1.29 is 4.74 Å². The van der Waals surface area contributed by atoms with Gasteiger partial charge >= 0.3 is 0 Å². The number of hydrogen-bond acceptors (Lipinski definition) is 7. The van der Waals surface area contributed by atoms with E-state index >= 15 is 0 Å². The van der Waals surface area contributed by atoms with Crippen molar-refractivity contribution in [1.29, 1.82) is 0 Å². The van der Waals surface area contributed by atoms with Crippen molar-refractivity contribution in [3.8, 4) is 11.3 Å². The summed E-state index contributed by atoms with van der Waals surface area (Å²) in [6.45, 7) is 2.80. The van der Waals surface area contributed by atoms with Crippen molar-refractivity contribution in [2.24, 2.45) is 0 Å². The number of rotatable bonds is 3. The molecule has 2 aromatic heterocycles. The first-order chi connectivity index (χ1) is 11.4. The third-order valence-corrected chi connectivity index (χ3v) is 5.12. The first kappa shape index (κ1) is 14.8. The van der Waals surface area contributed by atoms with Crippen LogP contribution in [0, 0.1) is 0 Å². The summed E-state index contributed by atoms with van der Waals surface area (Å²) in [4.78, 5) is 20.3. The molecule has 6 nitrogen and oxygen atoms in total. The van der Waals surface area contributed by atoms with E-state index in [4.69, 9.17) is 9.72 Å². The summed E-state index contributed by atoms with van der Waals surface area (Å²) >= 11 is 1.98. The van der Waals surface area contributed by atoms with Gasteiger partial charge in [-0.25, -0.2) is 9.97 Å². The fourth-order valence-corrected chi connectivity index (χ4v) is 3.88. The second kappa shape index (κ2) is 6.80. The zero-order valence-corrected chi connectivity index (χ0v) is 13.7. The second-order valence-electron chi connectivity index (χ2n) is 5.66. The van der Waals surface area contributed by atoms with E-state index in [0.717, 1.165) is 66.9 Å². The molecule has 0 aromatic carbocycles. The predicted molar refractivity (Wildman–Crippen MR) is 90.5 cm³/mol. The van der Waals surface area contributed by atoms with E-state index in [-0.39, 0.29) is 6.10 Å². The summed E-state index contributed by atoms with van der Waals surface area (Å²) in [6.07, 6.45) is 9.12. The van der Waals surface area contributed by atoms with E-state index in [0.29, 0.717) is 0 Å². The van der Waals surface area contributed by atoms with Crippen LogP contribution in [0.5, 0.6) is 0 Å². The Kier molecular flexibility index (Phi) is 4.39. The van der Waals surface area contributed by atoms with Crippen LogP contribution in [0.4, 0.5) is 5.95 Å². The van der Waals surface area contributed by atoms with Crippen LogP contribution >= 0.6 is 11.8 Å². The fourth-order valence-electron chi connectivity index (χ4n) is 2.98. The highest BCUT2D eigenvalue weighted by atomic mass is 32.2. The number of thioether (sulfide) groups is 1. The van der Waals surface area contributed by atoms with Gasteiger partial charge in [-0.15, -0.1) is 0 Å². The van der Waals surface area contributed by atoms with Crippen LogP contribution in [0.3, 0.4) is 0 Å². The van der Waals surface area contributed by atoms with E-state index in [1.165, 1.54) is 0 Å². The van der Waals surface area contributed by atoms with Crippen LogP contribution in [0.15, 0.2) is 24.8 Å². The van der Waals surface area contributed by atoms with Gasteiger partial charge < -0.3 is 9.64 Å². The van der Waals surface area contributed by atoms with Crippen molar-refractivity contribution in [2.45, 2.75) is 18.9 Å². The smallest absolute Gasteiger partial charge is 0.225 e. The van der Waals surface area contributed by atoms with E-state index in [9.17, 15) is 0 Å². The molecule has 1 atom stereocenters. The fraction of sp³-hybridized carbons (Fsp3) is 0.500. The van der Waals surface area contributed by atoms with Crippen LogP contribution in [-0.4, -0.2) is 51.1 Å². The first-order valence-electron chi connectivity index (χ1n) is 7.99. The van der Waals surface area contributed by atoms with Gasteiger partial charge in [0.05, 0.1) is 17.6 Å². The first-order valence-corrected chi connectivity index (χ1v) is 9.15. The third kappa shape index (κ3) is 3.16. The number of aromatic nitrogens is 4. The highest BCUT2D eigenvalue weighted by Crippen LogP contribution is 2.34. The maximum Gasteiger partial charge on any atom is 0.225 e. The van der Waals surface area contributed by atoms with Gasteiger partial charge in [-0.2, -0.15) is 11.8 Å². The Balaban J connectivity index is 1.73. The zero-order valence-electron chi connectivity index (χ0n) is 12.9. The lowest BCUT2D eigenvalue weighted by atomic mass is 10.1. The van der Waals surface area contributed by atoms with Gasteiger partial charge in [-0.3, -0.25) is 9.97 Å².